The molecule has 0 spiro atoms. The Bertz CT molecular complexity index is 350. The third-order valence-corrected chi connectivity index (χ3v) is 2.74. The fraction of sp³-hybridized carbons (Fsp3) is 0.538. The van der Waals surface area contributed by atoms with Crippen LogP contribution in [0.15, 0.2) is 12.1 Å². The minimum Gasteiger partial charge on any atom is -0.496 e. The van der Waals surface area contributed by atoms with Gasteiger partial charge in [0.1, 0.15) is 5.75 Å². The summed E-state index contributed by atoms with van der Waals surface area (Å²) in [5, 5.41) is 0. The topological polar surface area (TPSA) is 38.5 Å². The number of nitrogens with two attached hydrogens (primary N) is 1. The molecule has 0 saturated carbocycles. The van der Waals surface area contributed by atoms with Crippen LogP contribution in [0.4, 0.5) is 0 Å². The highest BCUT2D eigenvalue weighted by Crippen LogP contribution is 2.25. The Morgan fingerprint density at radius 3 is 2.56 bits per heavy atom. The zero-order valence-electron chi connectivity index (χ0n) is 10.7. The van der Waals surface area contributed by atoms with Crippen LogP contribution >= 0.6 is 0 Å². The van der Waals surface area contributed by atoms with Crippen molar-refractivity contribution in [1.29, 1.82) is 0 Å². The summed E-state index contributed by atoms with van der Waals surface area (Å²) in [5.74, 6) is 0.973. The van der Waals surface area contributed by atoms with E-state index in [2.05, 4.69) is 37.9 Å². The fourth-order valence-corrected chi connectivity index (χ4v) is 1.91. The predicted molar refractivity (Wildman–Crippen MR) is 67.9 cm³/mol. The standard InChI is InChI=1S/C13H22N2O/c1-10-7-11(2)12(13(8-10)16-4)9-15(3)6-5-14/h7-8H,5-6,9,14H2,1-4H3. The largest absolute Gasteiger partial charge is 0.496 e. The van der Waals surface area contributed by atoms with Gasteiger partial charge in [-0.2, -0.15) is 0 Å². The summed E-state index contributed by atoms with van der Waals surface area (Å²) in [6.07, 6.45) is 0. The Morgan fingerprint density at radius 2 is 2.00 bits per heavy atom. The van der Waals surface area contributed by atoms with Gasteiger partial charge < -0.3 is 15.4 Å². The number of benzene rings is 1. The fourth-order valence-electron chi connectivity index (χ4n) is 1.91. The first-order valence-electron chi connectivity index (χ1n) is 5.61. The molecule has 16 heavy (non-hydrogen) atoms. The summed E-state index contributed by atoms with van der Waals surface area (Å²) in [4.78, 5) is 2.21. The van der Waals surface area contributed by atoms with E-state index in [0.29, 0.717) is 6.54 Å². The predicted octanol–water partition coefficient (Wildman–Crippen LogP) is 1.70. The second-order valence-corrected chi connectivity index (χ2v) is 4.29. The molecular weight excluding hydrogens is 200 g/mol. The first-order chi connectivity index (χ1) is 7.58. The lowest BCUT2D eigenvalue weighted by Crippen LogP contribution is -2.25. The van der Waals surface area contributed by atoms with Crippen molar-refractivity contribution < 1.29 is 4.74 Å². The molecule has 3 heteroatoms. The minimum atomic E-state index is 0.684. The molecule has 0 bridgehead atoms. The van der Waals surface area contributed by atoms with Crippen molar-refractivity contribution in [3.63, 3.8) is 0 Å². The molecule has 0 aliphatic heterocycles. The maximum absolute atomic E-state index is 5.54. The highest BCUT2D eigenvalue weighted by Gasteiger charge is 2.09. The molecule has 0 fully saturated rings. The van der Waals surface area contributed by atoms with E-state index in [-0.39, 0.29) is 0 Å². The van der Waals surface area contributed by atoms with Crippen molar-refractivity contribution in [3.8, 4) is 5.75 Å². The third-order valence-electron chi connectivity index (χ3n) is 2.74. The molecular formula is C13H22N2O. The van der Waals surface area contributed by atoms with E-state index in [1.807, 2.05) is 0 Å². The molecule has 0 aromatic heterocycles. The van der Waals surface area contributed by atoms with Gasteiger partial charge in [0, 0.05) is 25.2 Å². The number of methoxy groups -OCH3 is 1. The molecule has 0 amide bonds. The number of hydrogen-bond acceptors (Lipinski definition) is 3. The lowest BCUT2D eigenvalue weighted by atomic mass is 10.0. The zero-order chi connectivity index (χ0) is 12.1. The van der Waals surface area contributed by atoms with Crippen LogP contribution in [0.1, 0.15) is 16.7 Å². The molecule has 1 aromatic rings. The maximum atomic E-state index is 5.54. The van der Waals surface area contributed by atoms with Gasteiger partial charge in [-0.05, 0) is 38.1 Å². The van der Waals surface area contributed by atoms with Crippen molar-refractivity contribution in [3.05, 3.63) is 28.8 Å². The summed E-state index contributed by atoms with van der Waals surface area (Å²) < 4.78 is 5.43. The van der Waals surface area contributed by atoms with Crippen molar-refractivity contribution in [1.82, 2.24) is 4.90 Å². The molecule has 0 aliphatic carbocycles. The number of aryl methyl sites for hydroxylation is 2. The molecule has 0 radical (unpaired) electrons. The van der Waals surface area contributed by atoms with E-state index >= 15 is 0 Å². The normalized spacial score (nSPS) is 10.9. The average molecular weight is 222 g/mol. The molecule has 0 heterocycles. The van der Waals surface area contributed by atoms with Gasteiger partial charge in [-0.15, -0.1) is 0 Å². The average Bonchev–Trinajstić information content (AvgIpc) is 2.22. The van der Waals surface area contributed by atoms with E-state index in [1.54, 1.807) is 7.11 Å². The summed E-state index contributed by atoms with van der Waals surface area (Å²) >= 11 is 0. The molecule has 2 N–H and O–H groups in total. The molecule has 0 aliphatic rings. The van der Waals surface area contributed by atoms with Crippen LogP contribution in [0.25, 0.3) is 0 Å². The van der Waals surface area contributed by atoms with Crippen LogP contribution in [0.5, 0.6) is 5.75 Å². The van der Waals surface area contributed by atoms with Crippen molar-refractivity contribution in [2.45, 2.75) is 20.4 Å². The summed E-state index contributed by atoms with van der Waals surface area (Å²) in [5.41, 5.74) is 9.31. The van der Waals surface area contributed by atoms with E-state index in [0.717, 1.165) is 18.8 Å². The van der Waals surface area contributed by atoms with Crippen LogP contribution in [0.2, 0.25) is 0 Å². The van der Waals surface area contributed by atoms with Crippen molar-refractivity contribution >= 4 is 0 Å². The van der Waals surface area contributed by atoms with Crippen LogP contribution < -0.4 is 10.5 Å². The van der Waals surface area contributed by atoms with Crippen LogP contribution in [-0.4, -0.2) is 32.1 Å². The molecule has 0 unspecified atom stereocenters. The number of nitrogens with zero attached hydrogens (tertiary/aromatic N) is 1. The Kier molecular flexibility index (Phi) is 4.77. The number of rotatable bonds is 5. The second kappa shape index (κ2) is 5.87. The SMILES string of the molecule is COc1cc(C)cc(C)c1CN(C)CCN. The minimum absolute atomic E-state index is 0.684. The number of hydrogen-bond donors (Lipinski definition) is 1. The molecule has 0 saturated heterocycles. The van der Waals surface area contributed by atoms with Gasteiger partial charge in [0.15, 0.2) is 0 Å². The second-order valence-electron chi connectivity index (χ2n) is 4.29. The van der Waals surface area contributed by atoms with E-state index in [1.165, 1.54) is 16.7 Å². The van der Waals surface area contributed by atoms with Gasteiger partial charge in [0.2, 0.25) is 0 Å². The first-order valence-corrected chi connectivity index (χ1v) is 5.61. The van der Waals surface area contributed by atoms with Gasteiger partial charge in [-0.1, -0.05) is 6.07 Å². The summed E-state index contributed by atoms with van der Waals surface area (Å²) in [7, 11) is 3.80. The summed E-state index contributed by atoms with van der Waals surface area (Å²) in [6, 6.07) is 4.27. The van der Waals surface area contributed by atoms with E-state index in [9.17, 15) is 0 Å². The van der Waals surface area contributed by atoms with Gasteiger partial charge in [-0.25, -0.2) is 0 Å². The lowest BCUT2D eigenvalue weighted by Gasteiger charge is -2.19. The quantitative estimate of drug-likeness (QED) is 0.824. The molecule has 0 atom stereocenters. The highest BCUT2D eigenvalue weighted by atomic mass is 16.5. The molecule has 1 aromatic carbocycles. The Hall–Kier alpha value is -1.06. The van der Waals surface area contributed by atoms with E-state index < -0.39 is 0 Å². The molecule has 3 nitrogen and oxygen atoms in total. The lowest BCUT2D eigenvalue weighted by molar-refractivity contribution is 0.324. The van der Waals surface area contributed by atoms with Gasteiger partial charge in [-0.3, -0.25) is 0 Å². The summed E-state index contributed by atoms with van der Waals surface area (Å²) in [6.45, 7) is 6.68. The van der Waals surface area contributed by atoms with Crippen molar-refractivity contribution in [2.75, 3.05) is 27.2 Å². The maximum Gasteiger partial charge on any atom is 0.123 e. The van der Waals surface area contributed by atoms with Crippen molar-refractivity contribution in [2.24, 2.45) is 5.73 Å². The van der Waals surface area contributed by atoms with Gasteiger partial charge in [0.05, 0.1) is 7.11 Å². The Labute approximate surface area is 98.2 Å². The molecule has 1 rings (SSSR count). The monoisotopic (exact) mass is 222 g/mol. The van der Waals surface area contributed by atoms with Crippen LogP contribution in [0.3, 0.4) is 0 Å². The number of ether oxygens (including phenoxy) is 1. The van der Waals surface area contributed by atoms with E-state index in [4.69, 9.17) is 10.5 Å². The third kappa shape index (κ3) is 3.22. The first kappa shape index (κ1) is 13.0. The number of likely N-dealkylation sites (N-methyl/N-ethyl adjacent to an activating group) is 1. The Morgan fingerprint density at radius 1 is 1.31 bits per heavy atom. The zero-order valence-corrected chi connectivity index (χ0v) is 10.7. The van der Waals surface area contributed by atoms with Gasteiger partial charge in [0.25, 0.3) is 0 Å². The smallest absolute Gasteiger partial charge is 0.123 e. The van der Waals surface area contributed by atoms with Gasteiger partial charge >= 0.3 is 0 Å². The van der Waals surface area contributed by atoms with Crippen LogP contribution in [0, 0.1) is 13.8 Å². The van der Waals surface area contributed by atoms with Crippen LogP contribution in [-0.2, 0) is 6.54 Å². The highest BCUT2D eigenvalue weighted by molar-refractivity contribution is 5.42. The molecule has 90 valence electrons. The Balaban J connectivity index is 2.93.